The number of aliphatic carboxylic acids is 1. The summed E-state index contributed by atoms with van der Waals surface area (Å²) in [5, 5.41) is 12.3. The Bertz CT molecular complexity index is 486. The monoisotopic (exact) mass is 291 g/mol. The van der Waals surface area contributed by atoms with Gasteiger partial charge in [0.05, 0.1) is 0 Å². The maximum absolute atomic E-state index is 12.1. The highest BCUT2D eigenvalue weighted by Crippen LogP contribution is 2.24. The van der Waals surface area contributed by atoms with Crippen LogP contribution in [0.25, 0.3) is 0 Å². The van der Waals surface area contributed by atoms with Crippen molar-refractivity contribution in [1.29, 1.82) is 0 Å². The Labute approximate surface area is 126 Å². The number of carbonyl (C=O) groups is 2. The zero-order chi connectivity index (χ0) is 16.0. The summed E-state index contributed by atoms with van der Waals surface area (Å²) in [5.41, 5.74) is -0.430. The molecule has 116 valence electrons. The summed E-state index contributed by atoms with van der Waals surface area (Å²) in [6.07, 6.45) is 0.920. The van der Waals surface area contributed by atoms with Gasteiger partial charge in [0.1, 0.15) is 5.41 Å². The van der Waals surface area contributed by atoms with E-state index < -0.39 is 11.4 Å². The maximum Gasteiger partial charge on any atom is 0.315 e. The number of amides is 1. The van der Waals surface area contributed by atoms with Crippen LogP contribution in [0.5, 0.6) is 0 Å². The summed E-state index contributed by atoms with van der Waals surface area (Å²) in [6, 6.07) is 9.01. The summed E-state index contributed by atoms with van der Waals surface area (Å²) >= 11 is 0. The third kappa shape index (κ3) is 4.06. The number of rotatable bonds is 7. The van der Waals surface area contributed by atoms with Crippen LogP contribution in [0.3, 0.4) is 0 Å². The Morgan fingerprint density at radius 3 is 2.29 bits per heavy atom. The van der Waals surface area contributed by atoms with E-state index in [9.17, 15) is 14.7 Å². The van der Waals surface area contributed by atoms with Gasteiger partial charge in [-0.15, -0.1) is 0 Å². The molecule has 0 saturated carbocycles. The van der Waals surface area contributed by atoms with E-state index >= 15 is 0 Å². The smallest absolute Gasteiger partial charge is 0.315 e. The Morgan fingerprint density at radius 2 is 1.81 bits per heavy atom. The van der Waals surface area contributed by atoms with E-state index in [0.29, 0.717) is 5.56 Å². The summed E-state index contributed by atoms with van der Waals surface area (Å²) < 4.78 is 0. The van der Waals surface area contributed by atoms with Gasteiger partial charge >= 0.3 is 5.97 Å². The Kier molecular flexibility index (Phi) is 5.94. The molecule has 2 N–H and O–H groups in total. The van der Waals surface area contributed by atoms with E-state index in [1.165, 1.54) is 0 Å². The van der Waals surface area contributed by atoms with Gasteiger partial charge in [-0.05, 0) is 18.4 Å². The fourth-order valence-corrected chi connectivity index (χ4v) is 2.14. The third-order valence-electron chi connectivity index (χ3n) is 4.41. The van der Waals surface area contributed by atoms with Crippen molar-refractivity contribution < 1.29 is 14.7 Å². The molecule has 0 aliphatic carbocycles. The van der Waals surface area contributed by atoms with Gasteiger partial charge in [0, 0.05) is 12.5 Å². The van der Waals surface area contributed by atoms with Gasteiger partial charge in [-0.1, -0.05) is 57.5 Å². The van der Waals surface area contributed by atoms with Crippen molar-refractivity contribution in [3.8, 4) is 0 Å². The normalized spacial score (nSPS) is 16.6. The fraction of sp³-hybridized carbons (Fsp3) is 0.529. The summed E-state index contributed by atoms with van der Waals surface area (Å²) in [5.74, 6) is -0.875. The zero-order valence-electron chi connectivity index (χ0n) is 13.2. The molecule has 0 heterocycles. The lowest BCUT2D eigenvalue weighted by molar-refractivity contribution is -0.143. The largest absolute Gasteiger partial charge is 0.481 e. The van der Waals surface area contributed by atoms with E-state index in [1.54, 1.807) is 31.2 Å². The first kappa shape index (κ1) is 17.2. The molecule has 0 saturated heterocycles. The minimum atomic E-state index is -1.12. The summed E-state index contributed by atoms with van der Waals surface area (Å²) in [7, 11) is 0. The Morgan fingerprint density at radius 1 is 1.24 bits per heavy atom. The van der Waals surface area contributed by atoms with Crippen molar-refractivity contribution in [2.75, 3.05) is 6.54 Å². The zero-order valence-corrected chi connectivity index (χ0v) is 13.2. The van der Waals surface area contributed by atoms with Crippen LogP contribution in [0.1, 0.15) is 39.7 Å². The van der Waals surface area contributed by atoms with Gasteiger partial charge in [-0.3, -0.25) is 9.59 Å². The second-order valence-electron chi connectivity index (χ2n) is 5.90. The van der Waals surface area contributed by atoms with Crippen molar-refractivity contribution in [2.24, 2.45) is 11.8 Å². The quantitative estimate of drug-likeness (QED) is 0.812. The molecule has 0 radical (unpaired) electrons. The number of benzene rings is 1. The molecule has 21 heavy (non-hydrogen) atoms. The van der Waals surface area contributed by atoms with Crippen LogP contribution in [0.15, 0.2) is 30.3 Å². The lowest BCUT2D eigenvalue weighted by Crippen LogP contribution is -2.46. The van der Waals surface area contributed by atoms with E-state index in [1.807, 2.05) is 26.8 Å². The molecule has 1 rings (SSSR count). The molecule has 1 aromatic rings. The molecular weight excluding hydrogens is 266 g/mol. The van der Waals surface area contributed by atoms with Gasteiger partial charge in [0.2, 0.25) is 5.91 Å². The second kappa shape index (κ2) is 7.25. The first-order valence-electron chi connectivity index (χ1n) is 7.39. The molecule has 0 bridgehead atoms. The Balaban J connectivity index is 2.82. The lowest BCUT2D eigenvalue weighted by atomic mass is 9.82. The van der Waals surface area contributed by atoms with Gasteiger partial charge in [0.25, 0.3) is 0 Å². The molecule has 3 unspecified atom stereocenters. The standard InChI is InChI=1S/C17H25NO3/c1-5-12(2)13(3)15(19)18-11-17(4,16(20)21)14-9-7-6-8-10-14/h6-10,12-13H,5,11H2,1-4H3,(H,18,19)(H,20,21). The molecule has 0 aliphatic heterocycles. The number of carboxylic acids is 1. The minimum absolute atomic E-state index is 0.0892. The lowest BCUT2D eigenvalue weighted by Gasteiger charge is -2.27. The van der Waals surface area contributed by atoms with Crippen LogP contribution in [0, 0.1) is 11.8 Å². The van der Waals surface area contributed by atoms with Gasteiger partial charge in [-0.25, -0.2) is 0 Å². The van der Waals surface area contributed by atoms with Crippen molar-refractivity contribution in [3.05, 3.63) is 35.9 Å². The van der Waals surface area contributed by atoms with Crippen LogP contribution < -0.4 is 5.32 Å². The highest BCUT2D eigenvalue weighted by molar-refractivity contribution is 5.83. The van der Waals surface area contributed by atoms with Crippen LogP contribution in [0.4, 0.5) is 0 Å². The molecule has 1 aromatic carbocycles. The average Bonchev–Trinajstić information content (AvgIpc) is 2.51. The van der Waals surface area contributed by atoms with Crippen molar-refractivity contribution in [1.82, 2.24) is 5.32 Å². The van der Waals surface area contributed by atoms with Crippen LogP contribution in [0.2, 0.25) is 0 Å². The topological polar surface area (TPSA) is 66.4 Å². The molecular formula is C17H25NO3. The number of carboxylic acid groups (broad SMARTS) is 1. The van der Waals surface area contributed by atoms with Crippen molar-refractivity contribution in [3.63, 3.8) is 0 Å². The highest BCUT2D eigenvalue weighted by Gasteiger charge is 2.36. The minimum Gasteiger partial charge on any atom is -0.481 e. The number of hydrogen-bond donors (Lipinski definition) is 2. The number of nitrogens with one attached hydrogen (secondary N) is 1. The van der Waals surface area contributed by atoms with Crippen LogP contribution >= 0.6 is 0 Å². The Hall–Kier alpha value is -1.84. The molecule has 0 aromatic heterocycles. The van der Waals surface area contributed by atoms with E-state index in [0.717, 1.165) is 6.42 Å². The maximum atomic E-state index is 12.1. The summed E-state index contributed by atoms with van der Waals surface area (Å²) in [4.78, 5) is 23.8. The van der Waals surface area contributed by atoms with Crippen molar-refractivity contribution in [2.45, 2.75) is 39.5 Å². The van der Waals surface area contributed by atoms with Gasteiger partial charge < -0.3 is 10.4 Å². The number of hydrogen-bond acceptors (Lipinski definition) is 2. The van der Waals surface area contributed by atoms with E-state index in [2.05, 4.69) is 5.32 Å². The molecule has 4 nitrogen and oxygen atoms in total. The first-order valence-corrected chi connectivity index (χ1v) is 7.39. The first-order chi connectivity index (χ1) is 9.82. The average molecular weight is 291 g/mol. The molecule has 3 atom stereocenters. The summed E-state index contributed by atoms with van der Waals surface area (Å²) in [6.45, 7) is 7.67. The molecule has 1 amide bonds. The molecule has 4 heteroatoms. The van der Waals surface area contributed by atoms with Crippen LogP contribution in [-0.2, 0) is 15.0 Å². The third-order valence-corrected chi connectivity index (χ3v) is 4.41. The molecule has 0 spiro atoms. The SMILES string of the molecule is CCC(C)C(C)C(=O)NCC(C)(C(=O)O)c1ccccc1. The highest BCUT2D eigenvalue weighted by atomic mass is 16.4. The predicted molar refractivity (Wildman–Crippen MR) is 83.1 cm³/mol. The van der Waals surface area contributed by atoms with Gasteiger partial charge in [-0.2, -0.15) is 0 Å². The van der Waals surface area contributed by atoms with E-state index in [4.69, 9.17) is 0 Å². The van der Waals surface area contributed by atoms with Crippen molar-refractivity contribution >= 4 is 11.9 Å². The second-order valence-corrected chi connectivity index (χ2v) is 5.90. The molecule has 0 fully saturated rings. The molecule has 0 aliphatic rings. The van der Waals surface area contributed by atoms with Gasteiger partial charge in [0.15, 0.2) is 0 Å². The van der Waals surface area contributed by atoms with Crippen LogP contribution in [-0.4, -0.2) is 23.5 Å². The number of carbonyl (C=O) groups excluding carboxylic acids is 1. The fourth-order valence-electron chi connectivity index (χ4n) is 2.14. The van der Waals surface area contributed by atoms with E-state index in [-0.39, 0.29) is 24.3 Å². The predicted octanol–water partition coefficient (Wildman–Crippen LogP) is 2.83.